The molecule has 0 aliphatic carbocycles. The zero-order valence-electron chi connectivity index (χ0n) is 23.5. The van der Waals surface area contributed by atoms with E-state index in [1.54, 1.807) is 44.2 Å². The van der Waals surface area contributed by atoms with Gasteiger partial charge in [0.1, 0.15) is 18.0 Å². The van der Waals surface area contributed by atoms with E-state index in [1.807, 2.05) is 19.1 Å². The molecule has 0 spiro atoms. The summed E-state index contributed by atoms with van der Waals surface area (Å²) in [5.74, 6) is -2.48. The van der Waals surface area contributed by atoms with Crippen molar-refractivity contribution in [1.82, 2.24) is 20.9 Å². The summed E-state index contributed by atoms with van der Waals surface area (Å²) in [6.45, 7) is 5.44. The fourth-order valence-corrected chi connectivity index (χ4v) is 5.66. The summed E-state index contributed by atoms with van der Waals surface area (Å²) in [7, 11) is 0. The lowest BCUT2D eigenvalue weighted by Crippen LogP contribution is -2.53. The first-order valence-electron chi connectivity index (χ1n) is 13.7. The highest BCUT2D eigenvalue weighted by Gasteiger charge is 2.34. The number of anilines is 1. The molecule has 222 valence electrons. The Bertz CT molecular complexity index is 1520. The topological polar surface area (TPSA) is 140 Å². The van der Waals surface area contributed by atoms with E-state index in [0.717, 1.165) is 5.56 Å². The molecule has 0 unspecified atom stereocenters. The average molecular weight is 615 g/mol. The molecule has 4 rings (SSSR count). The number of para-hydroxylation sites is 1. The molecule has 2 heterocycles. The van der Waals surface area contributed by atoms with Crippen molar-refractivity contribution in [3.05, 3.63) is 63.8 Å². The van der Waals surface area contributed by atoms with Crippen molar-refractivity contribution in [1.29, 1.82) is 0 Å². The number of aromatic amines is 1. The molecule has 0 radical (unpaired) electrons. The van der Waals surface area contributed by atoms with Gasteiger partial charge in [-0.3, -0.25) is 19.2 Å². The molecule has 12 heteroatoms. The fourth-order valence-electron chi connectivity index (χ4n) is 5.11. The SMILES string of the molecule is Cc1ccccc1N(C(=O)CNC(=O)[C@@H](NC(=O)c1cc2c(Cl)cc(Cl)cc2[nH]1)C(C)C)[C@H](C=O)C[C@@H]1CCNC1=O. The number of aromatic nitrogens is 1. The van der Waals surface area contributed by atoms with Crippen LogP contribution in [-0.4, -0.2) is 60.1 Å². The van der Waals surface area contributed by atoms with Crippen LogP contribution in [0.25, 0.3) is 10.9 Å². The molecule has 1 saturated heterocycles. The van der Waals surface area contributed by atoms with E-state index in [0.29, 0.717) is 45.9 Å². The van der Waals surface area contributed by atoms with E-state index in [9.17, 15) is 24.0 Å². The van der Waals surface area contributed by atoms with Crippen LogP contribution in [0.5, 0.6) is 0 Å². The fraction of sp³-hybridized carbons (Fsp3) is 0.367. The number of hydrogen-bond donors (Lipinski definition) is 4. The molecule has 4 N–H and O–H groups in total. The van der Waals surface area contributed by atoms with Gasteiger partial charge < -0.3 is 30.6 Å². The molecule has 3 aromatic rings. The molecule has 1 aromatic heterocycles. The predicted octanol–water partition coefficient (Wildman–Crippen LogP) is 3.78. The van der Waals surface area contributed by atoms with Crippen molar-refractivity contribution < 1.29 is 24.0 Å². The van der Waals surface area contributed by atoms with Gasteiger partial charge in [0, 0.05) is 34.1 Å². The van der Waals surface area contributed by atoms with Crippen LogP contribution in [0.3, 0.4) is 0 Å². The number of rotatable bonds is 11. The van der Waals surface area contributed by atoms with Crippen molar-refractivity contribution in [2.75, 3.05) is 18.0 Å². The van der Waals surface area contributed by atoms with E-state index in [2.05, 4.69) is 20.9 Å². The van der Waals surface area contributed by atoms with Crippen LogP contribution >= 0.6 is 23.2 Å². The first kappa shape index (κ1) is 31.1. The maximum atomic E-state index is 13.6. The van der Waals surface area contributed by atoms with Crippen molar-refractivity contribution in [2.24, 2.45) is 11.8 Å². The van der Waals surface area contributed by atoms with Crippen LogP contribution in [0.2, 0.25) is 10.0 Å². The molecule has 2 aromatic carbocycles. The summed E-state index contributed by atoms with van der Waals surface area (Å²) in [5.41, 5.74) is 2.04. The van der Waals surface area contributed by atoms with E-state index in [4.69, 9.17) is 23.2 Å². The summed E-state index contributed by atoms with van der Waals surface area (Å²) in [5, 5.41) is 9.51. The number of carbonyl (C=O) groups is 5. The minimum absolute atomic E-state index is 0.150. The number of carbonyl (C=O) groups excluding carboxylic acids is 5. The second-order valence-electron chi connectivity index (χ2n) is 10.7. The molecule has 1 aliphatic rings. The van der Waals surface area contributed by atoms with Crippen LogP contribution in [0.1, 0.15) is 42.7 Å². The zero-order valence-corrected chi connectivity index (χ0v) is 25.0. The molecule has 0 bridgehead atoms. The average Bonchev–Trinajstić information content (AvgIpc) is 3.56. The normalized spacial score (nSPS) is 16.1. The van der Waals surface area contributed by atoms with E-state index < -0.39 is 42.3 Å². The van der Waals surface area contributed by atoms with Gasteiger partial charge >= 0.3 is 0 Å². The van der Waals surface area contributed by atoms with E-state index in [1.165, 1.54) is 4.90 Å². The van der Waals surface area contributed by atoms with Crippen LogP contribution in [0, 0.1) is 18.8 Å². The van der Waals surface area contributed by atoms with Gasteiger partial charge in [0.25, 0.3) is 5.91 Å². The number of aryl methyl sites for hydroxylation is 1. The van der Waals surface area contributed by atoms with Crippen molar-refractivity contribution in [3.63, 3.8) is 0 Å². The quantitative estimate of drug-likeness (QED) is 0.244. The van der Waals surface area contributed by atoms with Crippen LogP contribution in [-0.2, 0) is 19.2 Å². The monoisotopic (exact) mass is 613 g/mol. The number of halogens is 2. The van der Waals surface area contributed by atoms with Gasteiger partial charge in [0.15, 0.2) is 0 Å². The molecule has 42 heavy (non-hydrogen) atoms. The number of benzene rings is 2. The van der Waals surface area contributed by atoms with E-state index >= 15 is 0 Å². The summed E-state index contributed by atoms with van der Waals surface area (Å²) in [4.78, 5) is 68.7. The summed E-state index contributed by atoms with van der Waals surface area (Å²) in [6.07, 6.45) is 1.39. The third-order valence-corrected chi connectivity index (χ3v) is 7.90. The second-order valence-corrected chi connectivity index (χ2v) is 11.6. The first-order chi connectivity index (χ1) is 20.0. The first-order valence-corrected chi connectivity index (χ1v) is 14.4. The minimum Gasteiger partial charge on any atom is -0.356 e. The van der Waals surface area contributed by atoms with Crippen LogP contribution in [0.15, 0.2) is 42.5 Å². The Labute approximate surface area is 253 Å². The number of nitrogens with one attached hydrogen (secondary N) is 4. The highest BCUT2D eigenvalue weighted by atomic mass is 35.5. The van der Waals surface area contributed by atoms with E-state index in [-0.39, 0.29) is 23.9 Å². The maximum Gasteiger partial charge on any atom is 0.268 e. The molecule has 1 aliphatic heterocycles. The maximum absolute atomic E-state index is 13.6. The number of hydrogen-bond acceptors (Lipinski definition) is 5. The standard InChI is InChI=1S/C30H33Cl2N5O5/c1-16(2)27(36-29(41)24-13-21-22(32)11-19(31)12-23(21)35-24)30(42)34-14-26(39)37(25-7-5-4-6-17(25)3)20(15-38)10-18-8-9-33-28(18)40/h4-7,11-13,15-16,18,20,27,35H,8-10,14H2,1-3H3,(H,33,40)(H,34,42)(H,36,41)/t18-,20-,27-/m0/s1. The van der Waals surface area contributed by atoms with Crippen molar-refractivity contribution >= 4 is 69.7 Å². The van der Waals surface area contributed by atoms with Crippen LogP contribution < -0.4 is 20.9 Å². The Morgan fingerprint density at radius 3 is 2.52 bits per heavy atom. The van der Waals surface area contributed by atoms with Crippen molar-refractivity contribution in [2.45, 2.75) is 45.7 Å². The molecular weight excluding hydrogens is 581 g/mol. The lowest BCUT2D eigenvalue weighted by molar-refractivity contribution is -0.127. The lowest BCUT2D eigenvalue weighted by atomic mass is 9.97. The third kappa shape index (κ3) is 6.94. The van der Waals surface area contributed by atoms with Crippen LogP contribution in [0.4, 0.5) is 5.69 Å². The largest absolute Gasteiger partial charge is 0.356 e. The molecule has 10 nitrogen and oxygen atoms in total. The highest BCUT2D eigenvalue weighted by Crippen LogP contribution is 2.29. The molecule has 0 saturated carbocycles. The smallest absolute Gasteiger partial charge is 0.268 e. The Morgan fingerprint density at radius 2 is 1.88 bits per heavy atom. The highest BCUT2D eigenvalue weighted by molar-refractivity contribution is 6.38. The Kier molecular flexibility index (Phi) is 9.90. The molecular formula is C30H33Cl2N5O5. The lowest BCUT2D eigenvalue weighted by Gasteiger charge is -2.31. The van der Waals surface area contributed by atoms with Gasteiger partial charge in [-0.25, -0.2) is 0 Å². The zero-order chi connectivity index (χ0) is 30.6. The summed E-state index contributed by atoms with van der Waals surface area (Å²) in [6, 6.07) is 10.0. The minimum atomic E-state index is -0.966. The summed E-state index contributed by atoms with van der Waals surface area (Å²) >= 11 is 12.3. The van der Waals surface area contributed by atoms with Gasteiger partial charge in [-0.2, -0.15) is 0 Å². The second kappa shape index (κ2) is 13.4. The Hall–Kier alpha value is -3.89. The number of aldehydes is 1. The Balaban J connectivity index is 1.49. The third-order valence-electron chi connectivity index (χ3n) is 7.37. The number of fused-ring (bicyclic) bond motifs is 1. The summed E-state index contributed by atoms with van der Waals surface area (Å²) < 4.78 is 0. The van der Waals surface area contributed by atoms with Gasteiger partial charge in [0.05, 0.1) is 17.6 Å². The van der Waals surface area contributed by atoms with Gasteiger partial charge in [0.2, 0.25) is 17.7 Å². The van der Waals surface area contributed by atoms with Gasteiger partial charge in [-0.15, -0.1) is 0 Å². The van der Waals surface area contributed by atoms with Gasteiger partial charge in [-0.05, 0) is 55.5 Å². The van der Waals surface area contributed by atoms with Crippen molar-refractivity contribution in [3.8, 4) is 0 Å². The number of H-pyrrole nitrogens is 1. The molecule has 3 atom stereocenters. The van der Waals surface area contributed by atoms with Gasteiger partial charge in [-0.1, -0.05) is 55.2 Å². The number of amides is 4. The molecule has 1 fully saturated rings. The Morgan fingerprint density at radius 1 is 1.14 bits per heavy atom. The number of nitrogens with zero attached hydrogens (tertiary/aromatic N) is 1. The predicted molar refractivity (Wildman–Crippen MR) is 162 cm³/mol. The molecule has 4 amide bonds.